The molecule has 0 spiro atoms. The Hall–Kier alpha value is -3.33. The molecule has 0 aliphatic heterocycles. The Labute approximate surface area is 207 Å². The first-order valence-corrected chi connectivity index (χ1v) is 11.4. The van der Waals surface area contributed by atoms with Crippen LogP contribution in [0.25, 0.3) is 17.1 Å². The van der Waals surface area contributed by atoms with Crippen LogP contribution >= 0.6 is 36.0 Å². The van der Waals surface area contributed by atoms with Crippen LogP contribution < -0.4 is 10.4 Å². The number of hydrazine groups is 1. The van der Waals surface area contributed by atoms with Gasteiger partial charge in [0.2, 0.25) is 5.05 Å². The zero-order valence-corrected chi connectivity index (χ0v) is 20.1. The fraction of sp³-hybridized carbons (Fsp3) is 0.0833. The van der Waals surface area contributed by atoms with Gasteiger partial charge in [0, 0.05) is 10.6 Å². The van der Waals surface area contributed by atoms with E-state index in [-0.39, 0.29) is 10.0 Å². The minimum absolute atomic E-state index is 0.206. The molecule has 0 bridgehead atoms. The number of halogens is 1. The quantitative estimate of drug-likeness (QED) is 0.264. The monoisotopic (exact) mass is 493 g/mol. The highest BCUT2D eigenvalue weighted by atomic mass is 35.5. The lowest BCUT2D eigenvalue weighted by atomic mass is 10.2. The summed E-state index contributed by atoms with van der Waals surface area (Å²) in [4.78, 5) is 0.270. The van der Waals surface area contributed by atoms with E-state index in [4.69, 9.17) is 40.8 Å². The van der Waals surface area contributed by atoms with Crippen molar-refractivity contribution in [1.82, 2.24) is 20.2 Å². The molecule has 1 aromatic heterocycles. The number of nitrogens with one attached hydrogen (secondary N) is 1. The molecular weight excluding hydrogens is 474 g/mol. The molecule has 166 valence electrons. The lowest BCUT2D eigenvalue weighted by Gasteiger charge is -2.26. The summed E-state index contributed by atoms with van der Waals surface area (Å²) < 4.78 is 7.36. The fourth-order valence-corrected chi connectivity index (χ4v) is 3.61. The molecule has 33 heavy (non-hydrogen) atoms. The molecule has 1 N–H and O–H groups in total. The number of anilines is 2. The maximum absolute atomic E-state index is 6.10. The molecule has 1 heterocycles. The summed E-state index contributed by atoms with van der Waals surface area (Å²) in [7, 11) is 0. The van der Waals surface area contributed by atoms with Gasteiger partial charge in [-0.1, -0.05) is 60.2 Å². The molecule has 3 aromatic carbocycles. The molecule has 0 fully saturated rings. The van der Waals surface area contributed by atoms with Crippen LogP contribution in [-0.2, 0) is 4.74 Å². The second kappa shape index (κ2) is 10.5. The number of benzene rings is 3. The maximum atomic E-state index is 6.10. The predicted octanol–water partition coefficient (Wildman–Crippen LogP) is 5.92. The van der Waals surface area contributed by atoms with Crippen LogP contribution in [-0.4, -0.2) is 31.4 Å². The summed E-state index contributed by atoms with van der Waals surface area (Å²) in [5, 5.41) is 11.6. The summed E-state index contributed by atoms with van der Waals surface area (Å²) in [6.07, 6.45) is 0. The molecule has 0 radical (unpaired) electrons. The fourth-order valence-electron chi connectivity index (χ4n) is 3.17. The molecule has 0 aliphatic rings. The number of nitrogens with zero attached hydrogens (tertiary/aromatic N) is 4. The van der Waals surface area contributed by atoms with Crippen molar-refractivity contribution in [1.29, 1.82) is 0 Å². The van der Waals surface area contributed by atoms with E-state index < -0.39 is 0 Å². The Kier molecular flexibility index (Phi) is 7.29. The molecule has 4 rings (SSSR count). The van der Waals surface area contributed by atoms with Crippen LogP contribution in [0.4, 0.5) is 11.6 Å². The summed E-state index contributed by atoms with van der Waals surface area (Å²) in [6.45, 7) is 2.28. The van der Waals surface area contributed by atoms with Gasteiger partial charge < -0.3 is 4.74 Å². The minimum Gasteiger partial charge on any atom is -0.482 e. The SMILES string of the molecule is CCOC(=S)C(=S)NN(c1ccccc1)c1nnc(-c2ccc(Cl)cc2)n1-c1ccccc1. The van der Waals surface area contributed by atoms with E-state index in [1.165, 1.54) is 0 Å². The molecule has 6 nitrogen and oxygen atoms in total. The number of thiocarbonyl (C=S) groups is 2. The van der Waals surface area contributed by atoms with Gasteiger partial charge in [-0.3, -0.25) is 9.99 Å². The van der Waals surface area contributed by atoms with E-state index in [0.717, 1.165) is 16.9 Å². The average Bonchev–Trinajstić information content (AvgIpc) is 3.29. The van der Waals surface area contributed by atoms with Gasteiger partial charge in [0.25, 0.3) is 5.95 Å². The summed E-state index contributed by atoms with van der Waals surface area (Å²) in [5.74, 6) is 1.15. The zero-order valence-electron chi connectivity index (χ0n) is 17.7. The number of para-hydroxylation sites is 2. The third-order valence-corrected chi connectivity index (χ3v) is 5.63. The van der Waals surface area contributed by atoms with E-state index in [1.807, 2.05) is 96.4 Å². The molecule has 0 amide bonds. The van der Waals surface area contributed by atoms with Crippen LogP contribution in [0.15, 0.2) is 84.9 Å². The highest BCUT2D eigenvalue weighted by Gasteiger charge is 2.24. The van der Waals surface area contributed by atoms with Crippen LogP contribution in [0.2, 0.25) is 5.02 Å². The van der Waals surface area contributed by atoms with Gasteiger partial charge in [-0.15, -0.1) is 10.2 Å². The summed E-state index contributed by atoms with van der Waals surface area (Å²) in [5.41, 5.74) is 5.71. The molecule has 4 aromatic rings. The van der Waals surface area contributed by atoms with E-state index in [2.05, 4.69) is 15.6 Å². The van der Waals surface area contributed by atoms with Crippen LogP contribution in [0.1, 0.15) is 6.92 Å². The van der Waals surface area contributed by atoms with Crippen molar-refractivity contribution < 1.29 is 4.74 Å². The second-order valence-corrected chi connectivity index (χ2v) is 8.05. The smallest absolute Gasteiger partial charge is 0.255 e. The molecule has 9 heteroatoms. The van der Waals surface area contributed by atoms with Gasteiger partial charge in [-0.25, -0.2) is 5.01 Å². The van der Waals surface area contributed by atoms with Gasteiger partial charge in [0.05, 0.1) is 18.0 Å². The van der Waals surface area contributed by atoms with Gasteiger partial charge in [0.1, 0.15) is 0 Å². The molecule has 0 saturated carbocycles. The van der Waals surface area contributed by atoms with Gasteiger partial charge in [0.15, 0.2) is 10.8 Å². The van der Waals surface area contributed by atoms with E-state index >= 15 is 0 Å². The van der Waals surface area contributed by atoms with Crippen molar-refractivity contribution >= 4 is 57.7 Å². The summed E-state index contributed by atoms with van der Waals surface area (Å²) in [6, 6.07) is 27.0. The van der Waals surface area contributed by atoms with Gasteiger partial charge in [-0.2, -0.15) is 0 Å². The van der Waals surface area contributed by atoms with Crippen LogP contribution in [0.3, 0.4) is 0 Å². The topological polar surface area (TPSA) is 55.2 Å². The molecule has 0 saturated heterocycles. The number of hydrogen-bond acceptors (Lipinski definition) is 6. The van der Waals surface area contributed by atoms with Gasteiger partial charge in [-0.05, 0) is 67.7 Å². The highest BCUT2D eigenvalue weighted by molar-refractivity contribution is 7.89. The van der Waals surface area contributed by atoms with E-state index in [1.54, 1.807) is 5.01 Å². The Morgan fingerprint density at radius 3 is 2.21 bits per heavy atom. The molecular formula is C24H20ClN5OS2. The minimum atomic E-state index is 0.206. The number of rotatable bonds is 6. The van der Waals surface area contributed by atoms with Crippen LogP contribution in [0.5, 0.6) is 0 Å². The Morgan fingerprint density at radius 1 is 0.939 bits per heavy atom. The lowest BCUT2D eigenvalue weighted by molar-refractivity contribution is 0.342. The average molecular weight is 494 g/mol. The van der Waals surface area contributed by atoms with Crippen molar-refractivity contribution in [2.45, 2.75) is 6.92 Å². The van der Waals surface area contributed by atoms with Crippen molar-refractivity contribution in [3.05, 3.63) is 90.0 Å². The largest absolute Gasteiger partial charge is 0.482 e. The first kappa shape index (κ1) is 22.8. The number of aromatic nitrogens is 3. The maximum Gasteiger partial charge on any atom is 0.255 e. The van der Waals surface area contributed by atoms with Crippen molar-refractivity contribution in [3.63, 3.8) is 0 Å². The third-order valence-electron chi connectivity index (χ3n) is 4.65. The van der Waals surface area contributed by atoms with Crippen molar-refractivity contribution in [2.75, 3.05) is 11.6 Å². The van der Waals surface area contributed by atoms with Crippen molar-refractivity contribution in [3.8, 4) is 17.1 Å². The standard InChI is InChI=1S/C24H20ClN5OS2/c1-2-31-23(33)22(32)28-30(20-11-7-4-8-12-20)24-27-26-21(17-13-15-18(25)16-14-17)29(24)19-9-5-3-6-10-19/h3-16H,2H2,1H3,(H,28,32). The molecule has 0 unspecified atom stereocenters. The Morgan fingerprint density at radius 2 is 1.58 bits per heavy atom. The third kappa shape index (κ3) is 5.19. The first-order valence-electron chi connectivity index (χ1n) is 10.2. The number of hydrogen-bond donors (Lipinski definition) is 1. The lowest BCUT2D eigenvalue weighted by Crippen LogP contribution is -2.43. The van der Waals surface area contributed by atoms with Crippen LogP contribution in [0, 0.1) is 0 Å². The Balaban J connectivity index is 1.87. The normalized spacial score (nSPS) is 10.5. The predicted molar refractivity (Wildman–Crippen MR) is 140 cm³/mol. The Bertz CT molecular complexity index is 1250. The van der Waals surface area contributed by atoms with Gasteiger partial charge >= 0.3 is 0 Å². The zero-order chi connectivity index (χ0) is 23.2. The first-order chi connectivity index (χ1) is 16.1. The molecule has 0 aliphatic carbocycles. The summed E-state index contributed by atoms with van der Waals surface area (Å²) >= 11 is 16.9. The highest BCUT2D eigenvalue weighted by Crippen LogP contribution is 2.30. The second-order valence-electron chi connectivity index (χ2n) is 6.83. The van der Waals surface area contributed by atoms with E-state index in [9.17, 15) is 0 Å². The molecule has 0 atom stereocenters. The van der Waals surface area contributed by atoms with E-state index in [0.29, 0.717) is 23.4 Å². The van der Waals surface area contributed by atoms with Crippen molar-refractivity contribution in [2.24, 2.45) is 0 Å². The number of ether oxygens (including phenoxy) is 1.